The number of carbonyl (C=O) groups is 2. The van der Waals surface area contributed by atoms with Crippen LogP contribution in [0.25, 0.3) is 10.6 Å². The highest BCUT2D eigenvalue weighted by atomic mass is 32.1. The van der Waals surface area contributed by atoms with E-state index in [4.69, 9.17) is 4.74 Å². The Bertz CT molecular complexity index is 1080. The van der Waals surface area contributed by atoms with E-state index in [0.717, 1.165) is 22.0 Å². The van der Waals surface area contributed by atoms with Crippen LogP contribution in [0.4, 0.5) is 10.1 Å². The Labute approximate surface area is 183 Å². The first-order valence-electron chi connectivity index (χ1n) is 9.96. The molecular weight excluding hydrogens is 417 g/mol. The van der Waals surface area contributed by atoms with Crippen LogP contribution in [0.3, 0.4) is 0 Å². The molecule has 1 N–H and O–H groups in total. The van der Waals surface area contributed by atoms with Crippen LogP contribution in [-0.4, -0.2) is 37.0 Å². The zero-order valence-corrected chi connectivity index (χ0v) is 17.8. The molecule has 0 radical (unpaired) electrons. The maximum atomic E-state index is 13.1. The molecule has 1 fully saturated rings. The van der Waals surface area contributed by atoms with Crippen molar-refractivity contribution in [3.63, 3.8) is 0 Å². The van der Waals surface area contributed by atoms with Gasteiger partial charge < -0.3 is 15.0 Å². The maximum Gasteiger partial charge on any atom is 0.227 e. The Morgan fingerprint density at radius 2 is 2.10 bits per heavy atom. The Morgan fingerprint density at radius 1 is 1.29 bits per heavy atom. The van der Waals surface area contributed by atoms with Gasteiger partial charge in [-0.1, -0.05) is 6.07 Å². The van der Waals surface area contributed by atoms with Gasteiger partial charge in [0.25, 0.3) is 0 Å². The lowest BCUT2D eigenvalue weighted by molar-refractivity contribution is -0.126. The zero-order valence-electron chi connectivity index (χ0n) is 17.0. The first kappa shape index (κ1) is 21.0. The van der Waals surface area contributed by atoms with E-state index in [2.05, 4.69) is 10.3 Å². The maximum absolute atomic E-state index is 13.1. The van der Waals surface area contributed by atoms with Gasteiger partial charge >= 0.3 is 0 Å². The summed E-state index contributed by atoms with van der Waals surface area (Å²) in [6, 6.07) is 13.5. The predicted molar refractivity (Wildman–Crippen MR) is 118 cm³/mol. The fourth-order valence-electron chi connectivity index (χ4n) is 3.52. The van der Waals surface area contributed by atoms with Crippen molar-refractivity contribution in [1.82, 2.24) is 10.3 Å². The summed E-state index contributed by atoms with van der Waals surface area (Å²) < 4.78 is 18.3. The van der Waals surface area contributed by atoms with Gasteiger partial charge in [-0.25, -0.2) is 9.37 Å². The Hall–Kier alpha value is -3.26. The summed E-state index contributed by atoms with van der Waals surface area (Å²) in [5.41, 5.74) is 2.46. The third-order valence-electron chi connectivity index (χ3n) is 5.18. The molecule has 0 bridgehead atoms. The van der Waals surface area contributed by atoms with Crippen molar-refractivity contribution in [3.8, 4) is 16.3 Å². The largest absolute Gasteiger partial charge is 0.497 e. The molecule has 2 aromatic carbocycles. The predicted octanol–water partition coefficient (Wildman–Crippen LogP) is 3.67. The van der Waals surface area contributed by atoms with Crippen molar-refractivity contribution in [2.45, 2.75) is 12.8 Å². The average Bonchev–Trinajstić information content (AvgIpc) is 3.41. The minimum Gasteiger partial charge on any atom is -0.497 e. The second-order valence-electron chi connectivity index (χ2n) is 7.30. The van der Waals surface area contributed by atoms with Gasteiger partial charge in [-0.15, -0.1) is 11.3 Å². The molecule has 1 atom stereocenters. The minimum absolute atomic E-state index is 0.0724. The van der Waals surface area contributed by atoms with Crippen LogP contribution in [0.5, 0.6) is 5.75 Å². The zero-order chi connectivity index (χ0) is 21.8. The van der Waals surface area contributed by atoms with Gasteiger partial charge in [-0.2, -0.15) is 0 Å². The smallest absolute Gasteiger partial charge is 0.227 e. The van der Waals surface area contributed by atoms with Gasteiger partial charge in [0.15, 0.2) is 0 Å². The van der Waals surface area contributed by atoms with Crippen molar-refractivity contribution in [2.24, 2.45) is 5.92 Å². The molecule has 31 heavy (non-hydrogen) atoms. The lowest BCUT2D eigenvalue weighted by atomic mass is 10.1. The van der Waals surface area contributed by atoms with Gasteiger partial charge in [-0.05, 0) is 36.4 Å². The van der Waals surface area contributed by atoms with Crippen LogP contribution in [0.1, 0.15) is 12.1 Å². The van der Waals surface area contributed by atoms with E-state index in [1.807, 2.05) is 23.6 Å². The summed E-state index contributed by atoms with van der Waals surface area (Å²) in [5, 5.41) is 5.67. The summed E-state index contributed by atoms with van der Waals surface area (Å²) >= 11 is 1.49. The van der Waals surface area contributed by atoms with Crippen molar-refractivity contribution in [2.75, 3.05) is 25.1 Å². The highest BCUT2D eigenvalue weighted by Crippen LogP contribution is 2.28. The molecule has 2 amide bonds. The number of anilines is 1. The topological polar surface area (TPSA) is 71.5 Å². The average molecular weight is 440 g/mol. The van der Waals surface area contributed by atoms with Gasteiger partial charge in [0.05, 0.1) is 18.7 Å². The van der Waals surface area contributed by atoms with E-state index in [1.165, 1.54) is 23.5 Å². The number of nitrogens with one attached hydrogen (secondary N) is 1. The molecule has 1 unspecified atom stereocenters. The first-order valence-corrected chi connectivity index (χ1v) is 10.8. The van der Waals surface area contributed by atoms with E-state index < -0.39 is 0 Å². The van der Waals surface area contributed by atoms with E-state index in [-0.39, 0.29) is 30.0 Å². The number of ether oxygens (including phenoxy) is 1. The number of rotatable bonds is 7. The van der Waals surface area contributed by atoms with Crippen LogP contribution in [-0.2, 0) is 16.0 Å². The number of amides is 2. The molecule has 0 saturated carbocycles. The van der Waals surface area contributed by atoms with Crippen LogP contribution < -0.4 is 15.0 Å². The number of hydrogen-bond acceptors (Lipinski definition) is 5. The number of carbonyl (C=O) groups excluding carboxylic acids is 2. The van der Waals surface area contributed by atoms with Crippen molar-refractivity contribution in [1.29, 1.82) is 0 Å². The Kier molecular flexibility index (Phi) is 6.27. The normalized spacial score (nSPS) is 15.9. The van der Waals surface area contributed by atoms with E-state index in [1.54, 1.807) is 30.2 Å². The Morgan fingerprint density at radius 3 is 2.87 bits per heavy atom. The monoisotopic (exact) mass is 439 g/mol. The van der Waals surface area contributed by atoms with Crippen LogP contribution >= 0.6 is 11.3 Å². The van der Waals surface area contributed by atoms with Crippen molar-refractivity contribution < 1.29 is 18.7 Å². The first-order chi connectivity index (χ1) is 15.0. The third-order valence-corrected chi connectivity index (χ3v) is 6.12. The summed E-state index contributed by atoms with van der Waals surface area (Å²) in [6.45, 7) is 0.790. The van der Waals surface area contributed by atoms with Crippen LogP contribution in [0.2, 0.25) is 0 Å². The number of hydrogen-bond donors (Lipinski definition) is 1. The highest BCUT2D eigenvalue weighted by Gasteiger charge is 2.35. The second kappa shape index (κ2) is 9.26. The summed E-state index contributed by atoms with van der Waals surface area (Å²) in [6.07, 6.45) is 0.776. The number of aromatic nitrogens is 1. The van der Waals surface area contributed by atoms with E-state index in [0.29, 0.717) is 25.3 Å². The van der Waals surface area contributed by atoms with Gasteiger partial charge in [0, 0.05) is 48.6 Å². The standard InChI is InChI=1S/C23H22FN3O3S/c1-30-20-4-2-3-19(12-20)27-13-16(11-21(27)28)22(29)25-10-9-18-14-31-23(26-18)15-5-7-17(24)8-6-15/h2-8,12,14,16H,9-11,13H2,1H3,(H,25,29). The lowest BCUT2D eigenvalue weighted by Gasteiger charge is -2.17. The molecule has 3 aromatic rings. The van der Waals surface area contributed by atoms with E-state index in [9.17, 15) is 14.0 Å². The molecular formula is C23H22FN3O3S. The number of methoxy groups -OCH3 is 1. The minimum atomic E-state index is -0.385. The van der Waals surface area contributed by atoms with Gasteiger partial charge in [-0.3, -0.25) is 9.59 Å². The van der Waals surface area contributed by atoms with Crippen molar-refractivity contribution in [3.05, 3.63) is 65.4 Å². The van der Waals surface area contributed by atoms with Crippen LogP contribution in [0.15, 0.2) is 53.9 Å². The summed E-state index contributed by atoms with van der Waals surface area (Å²) in [5.74, 6) is -0.200. The number of halogens is 1. The van der Waals surface area contributed by atoms with Gasteiger partial charge in [0.2, 0.25) is 11.8 Å². The fraction of sp³-hybridized carbons (Fsp3) is 0.261. The molecule has 1 saturated heterocycles. The second-order valence-corrected chi connectivity index (χ2v) is 8.16. The number of benzene rings is 2. The molecule has 160 valence electrons. The molecule has 1 aromatic heterocycles. The molecule has 0 spiro atoms. The number of thiazole rings is 1. The highest BCUT2D eigenvalue weighted by molar-refractivity contribution is 7.13. The summed E-state index contributed by atoms with van der Waals surface area (Å²) in [4.78, 5) is 31.2. The SMILES string of the molecule is COc1cccc(N2CC(C(=O)NCCc3csc(-c4ccc(F)cc4)n3)CC2=O)c1. The molecule has 6 nitrogen and oxygen atoms in total. The van der Waals surface area contributed by atoms with Crippen LogP contribution in [0, 0.1) is 11.7 Å². The van der Waals surface area contributed by atoms with Crippen molar-refractivity contribution >= 4 is 28.8 Å². The molecule has 0 aliphatic carbocycles. The number of nitrogens with zero attached hydrogens (tertiary/aromatic N) is 2. The molecule has 2 heterocycles. The van der Waals surface area contributed by atoms with E-state index >= 15 is 0 Å². The molecule has 1 aliphatic heterocycles. The summed E-state index contributed by atoms with van der Waals surface area (Å²) in [7, 11) is 1.58. The van der Waals surface area contributed by atoms with Gasteiger partial charge in [0.1, 0.15) is 16.6 Å². The fourth-order valence-corrected chi connectivity index (χ4v) is 4.38. The molecule has 4 rings (SSSR count). The molecule has 1 aliphatic rings. The molecule has 8 heteroatoms. The lowest BCUT2D eigenvalue weighted by Crippen LogP contribution is -2.34. The Balaban J connectivity index is 1.29. The quantitative estimate of drug-likeness (QED) is 0.610. The third kappa shape index (κ3) is 4.91.